The Kier molecular flexibility index (Phi) is 9.12. The Labute approximate surface area is 217 Å². The van der Waals surface area contributed by atoms with Crippen molar-refractivity contribution in [1.82, 2.24) is 10.2 Å². The number of nitrogens with one attached hydrogen (secondary N) is 1. The third-order valence-corrected chi connectivity index (χ3v) is 7.91. The predicted molar refractivity (Wildman–Crippen MR) is 143 cm³/mol. The van der Waals surface area contributed by atoms with Crippen LogP contribution in [-0.4, -0.2) is 51.3 Å². The first kappa shape index (κ1) is 27.2. The SMILES string of the molecule is CNC(=O)C(C)N(CCc1ccccc1)C(=O)CN(c1cccc(Cl)c1)S(=O)(=O)c1ccc(C)cc1. The molecule has 3 rings (SSSR count). The summed E-state index contributed by atoms with van der Waals surface area (Å²) in [5.41, 5.74) is 2.16. The highest BCUT2D eigenvalue weighted by Crippen LogP contribution is 2.27. The molecular formula is C27H30ClN3O4S. The molecule has 0 heterocycles. The fourth-order valence-corrected chi connectivity index (χ4v) is 5.37. The first-order valence-electron chi connectivity index (χ1n) is 11.5. The van der Waals surface area contributed by atoms with E-state index in [0.29, 0.717) is 11.4 Å². The number of hydrogen-bond donors (Lipinski definition) is 1. The van der Waals surface area contributed by atoms with Crippen molar-refractivity contribution in [3.63, 3.8) is 0 Å². The Morgan fingerprint density at radius 3 is 2.25 bits per heavy atom. The van der Waals surface area contributed by atoms with E-state index in [-0.39, 0.29) is 23.0 Å². The molecule has 0 aromatic heterocycles. The summed E-state index contributed by atoms with van der Waals surface area (Å²) in [7, 11) is -2.61. The maximum atomic E-state index is 13.7. The molecule has 0 spiro atoms. The van der Waals surface area contributed by atoms with Crippen molar-refractivity contribution >= 4 is 39.1 Å². The third-order valence-electron chi connectivity index (χ3n) is 5.88. The van der Waals surface area contributed by atoms with E-state index in [0.717, 1.165) is 15.4 Å². The predicted octanol–water partition coefficient (Wildman–Crippen LogP) is 4.05. The number of halogens is 1. The topological polar surface area (TPSA) is 86.8 Å². The van der Waals surface area contributed by atoms with Crippen LogP contribution in [0, 0.1) is 6.92 Å². The number of carbonyl (C=O) groups is 2. The highest BCUT2D eigenvalue weighted by molar-refractivity contribution is 7.92. The van der Waals surface area contributed by atoms with Gasteiger partial charge in [0.25, 0.3) is 10.0 Å². The van der Waals surface area contributed by atoms with Gasteiger partial charge in [0, 0.05) is 18.6 Å². The van der Waals surface area contributed by atoms with E-state index in [1.807, 2.05) is 37.3 Å². The van der Waals surface area contributed by atoms with Gasteiger partial charge < -0.3 is 10.2 Å². The average Bonchev–Trinajstić information content (AvgIpc) is 2.87. The second kappa shape index (κ2) is 12.1. The van der Waals surface area contributed by atoms with Gasteiger partial charge in [-0.1, -0.05) is 65.7 Å². The number of aryl methyl sites for hydroxylation is 1. The van der Waals surface area contributed by atoms with Gasteiger partial charge >= 0.3 is 0 Å². The van der Waals surface area contributed by atoms with E-state index in [1.165, 1.54) is 30.1 Å². The van der Waals surface area contributed by atoms with Crippen LogP contribution in [-0.2, 0) is 26.0 Å². The van der Waals surface area contributed by atoms with E-state index in [4.69, 9.17) is 11.6 Å². The summed E-state index contributed by atoms with van der Waals surface area (Å²) >= 11 is 6.16. The molecular weight excluding hydrogens is 498 g/mol. The van der Waals surface area contributed by atoms with Gasteiger partial charge in [0.15, 0.2) is 0 Å². The summed E-state index contributed by atoms with van der Waals surface area (Å²) in [5, 5.41) is 2.91. The van der Waals surface area contributed by atoms with Gasteiger partial charge in [0.05, 0.1) is 10.6 Å². The van der Waals surface area contributed by atoms with Gasteiger partial charge in [-0.3, -0.25) is 13.9 Å². The number of sulfonamides is 1. The molecule has 3 aromatic carbocycles. The zero-order valence-electron chi connectivity index (χ0n) is 20.5. The van der Waals surface area contributed by atoms with E-state index in [1.54, 1.807) is 37.3 Å². The van der Waals surface area contributed by atoms with Crippen LogP contribution in [0.2, 0.25) is 5.02 Å². The van der Waals surface area contributed by atoms with Gasteiger partial charge in [-0.2, -0.15) is 0 Å². The molecule has 1 unspecified atom stereocenters. The minimum absolute atomic E-state index is 0.0519. The van der Waals surface area contributed by atoms with Crippen LogP contribution < -0.4 is 9.62 Å². The first-order chi connectivity index (χ1) is 17.1. The summed E-state index contributed by atoms with van der Waals surface area (Å²) in [6, 6.07) is 21.5. The lowest BCUT2D eigenvalue weighted by Gasteiger charge is -2.31. The molecule has 0 aliphatic rings. The summed E-state index contributed by atoms with van der Waals surface area (Å²) in [4.78, 5) is 27.6. The quantitative estimate of drug-likeness (QED) is 0.431. The van der Waals surface area contributed by atoms with Crippen LogP contribution in [0.3, 0.4) is 0 Å². The smallest absolute Gasteiger partial charge is 0.264 e. The molecule has 36 heavy (non-hydrogen) atoms. The van der Waals surface area contributed by atoms with Crippen molar-refractivity contribution in [2.45, 2.75) is 31.2 Å². The van der Waals surface area contributed by atoms with Crippen LogP contribution in [0.15, 0.2) is 83.8 Å². The van der Waals surface area contributed by atoms with Crippen molar-refractivity contribution in [2.75, 3.05) is 24.4 Å². The molecule has 1 N–H and O–H groups in total. The summed E-state index contributed by atoms with van der Waals surface area (Å²) < 4.78 is 28.4. The fraction of sp³-hybridized carbons (Fsp3) is 0.259. The number of carbonyl (C=O) groups excluding carboxylic acids is 2. The van der Waals surface area contributed by atoms with Crippen LogP contribution in [0.25, 0.3) is 0 Å². The molecule has 0 saturated heterocycles. The number of likely N-dealkylation sites (N-methyl/N-ethyl adjacent to an activating group) is 1. The van der Waals surface area contributed by atoms with Crippen molar-refractivity contribution < 1.29 is 18.0 Å². The number of hydrogen-bond acceptors (Lipinski definition) is 4. The molecule has 0 saturated carbocycles. The van der Waals surface area contributed by atoms with Gasteiger partial charge in [-0.15, -0.1) is 0 Å². The lowest BCUT2D eigenvalue weighted by molar-refractivity contribution is -0.138. The normalized spacial score (nSPS) is 12.0. The lowest BCUT2D eigenvalue weighted by atomic mass is 10.1. The molecule has 1 atom stereocenters. The minimum atomic E-state index is -4.11. The lowest BCUT2D eigenvalue weighted by Crippen LogP contribution is -2.51. The van der Waals surface area contributed by atoms with Crippen molar-refractivity contribution in [3.8, 4) is 0 Å². The fourth-order valence-electron chi connectivity index (χ4n) is 3.78. The van der Waals surface area contributed by atoms with Crippen molar-refractivity contribution in [1.29, 1.82) is 0 Å². The molecule has 0 aliphatic carbocycles. The van der Waals surface area contributed by atoms with Gasteiger partial charge in [-0.25, -0.2) is 8.42 Å². The van der Waals surface area contributed by atoms with Crippen LogP contribution >= 0.6 is 11.6 Å². The molecule has 0 bridgehead atoms. The molecule has 3 aromatic rings. The van der Waals surface area contributed by atoms with Crippen molar-refractivity contribution in [3.05, 3.63) is 95.0 Å². The third kappa shape index (κ3) is 6.65. The Morgan fingerprint density at radius 1 is 0.972 bits per heavy atom. The van der Waals surface area contributed by atoms with E-state index in [2.05, 4.69) is 5.32 Å². The van der Waals surface area contributed by atoms with Gasteiger partial charge in [-0.05, 0) is 56.2 Å². The van der Waals surface area contributed by atoms with Gasteiger partial charge in [0.1, 0.15) is 12.6 Å². The first-order valence-corrected chi connectivity index (χ1v) is 13.3. The summed E-state index contributed by atoms with van der Waals surface area (Å²) in [5.74, 6) is -0.843. The second-order valence-electron chi connectivity index (χ2n) is 8.42. The standard InChI is InChI=1S/C27H30ClN3O4S/c1-20-12-14-25(15-13-20)36(34,35)31(24-11-7-10-23(28)18-24)19-26(32)30(21(2)27(33)29-3)17-16-22-8-5-4-6-9-22/h4-15,18,21H,16-17,19H2,1-3H3,(H,29,33). The molecule has 0 fully saturated rings. The molecule has 2 amide bonds. The number of anilines is 1. The number of amides is 2. The Morgan fingerprint density at radius 2 is 1.64 bits per heavy atom. The number of nitrogens with zero attached hydrogens (tertiary/aromatic N) is 2. The molecule has 0 radical (unpaired) electrons. The van der Waals surface area contributed by atoms with E-state index >= 15 is 0 Å². The van der Waals surface area contributed by atoms with Crippen LogP contribution in [0.5, 0.6) is 0 Å². The van der Waals surface area contributed by atoms with Gasteiger partial charge in [0.2, 0.25) is 11.8 Å². The van der Waals surface area contributed by atoms with E-state index in [9.17, 15) is 18.0 Å². The molecule has 9 heteroatoms. The second-order valence-corrected chi connectivity index (χ2v) is 10.7. The zero-order valence-corrected chi connectivity index (χ0v) is 22.1. The van der Waals surface area contributed by atoms with Crippen LogP contribution in [0.4, 0.5) is 5.69 Å². The highest BCUT2D eigenvalue weighted by Gasteiger charge is 2.32. The highest BCUT2D eigenvalue weighted by atomic mass is 35.5. The minimum Gasteiger partial charge on any atom is -0.357 e. The number of rotatable bonds is 10. The maximum Gasteiger partial charge on any atom is 0.264 e. The molecule has 0 aliphatic heterocycles. The average molecular weight is 528 g/mol. The Balaban J connectivity index is 1.97. The summed E-state index contributed by atoms with van der Waals surface area (Å²) in [6.07, 6.45) is 0.510. The Bertz CT molecular complexity index is 1300. The maximum absolute atomic E-state index is 13.7. The summed E-state index contributed by atoms with van der Waals surface area (Å²) in [6.45, 7) is 3.23. The number of benzene rings is 3. The molecule has 190 valence electrons. The van der Waals surface area contributed by atoms with Crippen LogP contribution in [0.1, 0.15) is 18.1 Å². The molecule has 7 nitrogen and oxygen atoms in total. The monoisotopic (exact) mass is 527 g/mol. The van der Waals surface area contributed by atoms with E-state index < -0.39 is 28.5 Å². The zero-order chi connectivity index (χ0) is 26.3. The van der Waals surface area contributed by atoms with Crippen molar-refractivity contribution in [2.24, 2.45) is 0 Å². The Hall–Kier alpha value is -3.36. The largest absolute Gasteiger partial charge is 0.357 e.